The van der Waals surface area contributed by atoms with Crippen LogP contribution in [0, 0.1) is 0 Å². The molecule has 0 aliphatic rings. The Kier molecular flexibility index (Phi) is 3.98. The molecule has 3 rings (SSSR count). The molecule has 0 bridgehead atoms. The van der Waals surface area contributed by atoms with Gasteiger partial charge in [-0.3, -0.25) is 4.79 Å². The van der Waals surface area contributed by atoms with Gasteiger partial charge in [0.05, 0.1) is 12.1 Å². The fraction of sp³-hybridized carbons (Fsp3) is 0.0667. The van der Waals surface area contributed by atoms with E-state index in [1.807, 2.05) is 46.5 Å². The first-order valence-electron chi connectivity index (χ1n) is 6.33. The van der Waals surface area contributed by atoms with Crippen LogP contribution in [0.5, 0.6) is 0 Å². The van der Waals surface area contributed by atoms with Crippen molar-refractivity contribution in [1.82, 2.24) is 4.98 Å². The second-order valence-electron chi connectivity index (χ2n) is 4.52. The maximum absolute atomic E-state index is 11.9. The number of thiophene rings is 1. The van der Waals surface area contributed by atoms with Gasteiger partial charge in [0, 0.05) is 16.6 Å². The molecule has 3 N–H and O–H groups in total. The van der Waals surface area contributed by atoms with E-state index in [9.17, 15) is 4.79 Å². The number of hydrogen-bond acceptors (Lipinski definition) is 5. The van der Waals surface area contributed by atoms with Crippen molar-refractivity contribution in [3.63, 3.8) is 0 Å². The second-order valence-corrected chi connectivity index (χ2v) is 6.15. The van der Waals surface area contributed by atoms with E-state index in [0.717, 1.165) is 22.5 Å². The summed E-state index contributed by atoms with van der Waals surface area (Å²) in [6, 6.07) is 9.46. The summed E-state index contributed by atoms with van der Waals surface area (Å²) in [6.07, 6.45) is 0.375. The number of hydrogen-bond donors (Lipinski definition) is 2. The highest BCUT2D eigenvalue weighted by Gasteiger charge is 2.09. The van der Waals surface area contributed by atoms with Crippen molar-refractivity contribution < 1.29 is 4.79 Å². The average molecular weight is 315 g/mol. The van der Waals surface area contributed by atoms with Crippen molar-refractivity contribution in [1.29, 1.82) is 0 Å². The minimum atomic E-state index is -0.0494. The Morgan fingerprint density at radius 3 is 2.71 bits per heavy atom. The van der Waals surface area contributed by atoms with E-state index in [1.54, 1.807) is 11.3 Å². The maximum Gasteiger partial charge on any atom is 0.230 e. The molecular weight excluding hydrogens is 302 g/mol. The van der Waals surface area contributed by atoms with Crippen molar-refractivity contribution in [2.24, 2.45) is 0 Å². The normalized spacial score (nSPS) is 10.5. The molecule has 2 heterocycles. The van der Waals surface area contributed by atoms with Crippen LogP contribution in [0.15, 0.2) is 46.5 Å². The highest BCUT2D eigenvalue weighted by Crippen LogP contribution is 2.25. The summed E-state index contributed by atoms with van der Waals surface area (Å²) in [7, 11) is 0. The van der Waals surface area contributed by atoms with Gasteiger partial charge in [0.1, 0.15) is 0 Å². The van der Waals surface area contributed by atoms with E-state index >= 15 is 0 Å². The molecule has 3 aromatic rings. The summed E-state index contributed by atoms with van der Waals surface area (Å²) >= 11 is 3.00. The SMILES string of the molecule is Nc1ccc(-c2csc(NC(=O)Cc3ccsc3)n2)cc1. The summed E-state index contributed by atoms with van der Waals surface area (Å²) < 4.78 is 0. The van der Waals surface area contributed by atoms with Crippen LogP contribution in [0.1, 0.15) is 5.56 Å². The Bertz CT molecular complexity index is 733. The van der Waals surface area contributed by atoms with Crippen LogP contribution in [-0.4, -0.2) is 10.9 Å². The first-order chi connectivity index (χ1) is 10.2. The number of carbonyl (C=O) groups is 1. The highest BCUT2D eigenvalue weighted by molar-refractivity contribution is 7.14. The molecule has 6 heteroatoms. The minimum absolute atomic E-state index is 0.0494. The fourth-order valence-corrected chi connectivity index (χ4v) is 3.26. The first kappa shape index (κ1) is 13.8. The largest absolute Gasteiger partial charge is 0.399 e. The Balaban J connectivity index is 1.67. The third kappa shape index (κ3) is 3.48. The topological polar surface area (TPSA) is 68.0 Å². The van der Waals surface area contributed by atoms with Crippen molar-refractivity contribution in [2.45, 2.75) is 6.42 Å². The molecule has 0 radical (unpaired) electrons. The summed E-state index contributed by atoms with van der Waals surface area (Å²) in [5.74, 6) is -0.0494. The number of aromatic nitrogens is 1. The second kappa shape index (κ2) is 6.07. The van der Waals surface area contributed by atoms with Gasteiger partial charge in [-0.15, -0.1) is 11.3 Å². The molecule has 1 amide bonds. The monoisotopic (exact) mass is 315 g/mol. The van der Waals surface area contributed by atoms with Crippen molar-refractivity contribution >= 4 is 39.4 Å². The molecule has 4 nitrogen and oxygen atoms in total. The lowest BCUT2D eigenvalue weighted by Gasteiger charge is -2.00. The van der Waals surface area contributed by atoms with Crippen LogP contribution in [0.25, 0.3) is 11.3 Å². The van der Waals surface area contributed by atoms with Gasteiger partial charge in [-0.2, -0.15) is 11.3 Å². The van der Waals surface area contributed by atoms with E-state index in [1.165, 1.54) is 11.3 Å². The van der Waals surface area contributed by atoms with E-state index in [-0.39, 0.29) is 5.91 Å². The minimum Gasteiger partial charge on any atom is -0.399 e. The zero-order valence-corrected chi connectivity index (χ0v) is 12.7. The van der Waals surface area contributed by atoms with E-state index in [0.29, 0.717) is 11.6 Å². The van der Waals surface area contributed by atoms with Crippen molar-refractivity contribution in [2.75, 3.05) is 11.1 Å². The molecule has 106 valence electrons. The summed E-state index contributed by atoms with van der Waals surface area (Å²) in [4.78, 5) is 16.3. The van der Waals surface area contributed by atoms with E-state index < -0.39 is 0 Å². The molecular formula is C15H13N3OS2. The Morgan fingerprint density at radius 1 is 1.19 bits per heavy atom. The molecule has 0 atom stereocenters. The molecule has 2 aromatic heterocycles. The van der Waals surface area contributed by atoms with Crippen LogP contribution in [0.4, 0.5) is 10.8 Å². The zero-order valence-electron chi connectivity index (χ0n) is 11.1. The lowest BCUT2D eigenvalue weighted by Crippen LogP contribution is -2.13. The van der Waals surface area contributed by atoms with Gasteiger partial charge in [-0.25, -0.2) is 4.98 Å². The number of thiazole rings is 1. The third-order valence-corrected chi connectivity index (χ3v) is 4.39. The molecule has 21 heavy (non-hydrogen) atoms. The average Bonchev–Trinajstić information content (AvgIpc) is 3.11. The number of nitrogens with zero attached hydrogens (tertiary/aromatic N) is 1. The predicted molar refractivity (Wildman–Crippen MR) is 88.6 cm³/mol. The summed E-state index contributed by atoms with van der Waals surface area (Å²) in [5.41, 5.74) is 9.23. The number of rotatable bonds is 4. The number of anilines is 2. The molecule has 0 aliphatic heterocycles. The number of nitrogen functional groups attached to an aromatic ring is 1. The molecule has 0 unspecified atom stereocenters. The van der Waals surface area contributed by atoms with Gasteiger partial charge < -0.3 is 11.1 Å². The Hall–Kier alpha value is -2.18. The number of nitrogens with one attached hydrogen (secondary N) is 1. The molecule has 0 spiro atoms. The van der Waals surface area contributed by atoms with Crippen molar-refractivity contribution in [3.8, 4) is 11.3 Å². The Morgan fingerprint density at radius 2 is 2.00 bits per heavy atom. The van der Waals surface area contributed by atoms with Gasteiger partial charge in [0.25, 0.3) is 0 Å². The lowest BCUT2D eigenvalue weighted by atomic mass is 10.1. The van der Waals surface area contributed by atoms with Crippen LogP contribution in [0.2, 0.25) is 0 Å². The maximum atomic E-state index is 11.9. The molecule has 1 aromatic carbocycles. The van der Waals surface area contributed by atoms with E-state index in [4.69, 9.17) is 5.73 Å². The van der Waals surface area contributed by atoms with Gasteiger partial charge in [-0.05, 0) is 34.5 Å². The zero-order chi connectivity index (χ0) is 14.7. The number of carbonyl (C=O) groups excluding carboxylic acids is 1. The predicted octanol–water partition coefficient (Wildman–Crippen LogP) is 3.64. The van der Waals surface area contributed by atoms with Crippen LogP contribution >= 0.6 is 22.7 Å². The molecule has 0 aliphatic carbocycles. The quantitative estimate of drug-likeness (QED) is 0.722. The molecule has 0 saturated heterocycles. The summed E-state index contributed by atoms with van der Waals surface area (Å²) in [6.45, 7) is 0. The molecule has 0 saturated carbocycles. The van der Waals surface area contributed by atoms with Crippen LogP contribution in [-0.2, 0) is 11.2 Å². The first-order valence-corrected chi connectivity index (χ1v) is 8.15. The number of benzene rings is 1. The smallest absolute Gasteiger partial charge is 0.230 e. The van der Waals surface area contributed by atoms with Gasteiger partial charge in [0.2, 0.25) is 5.91 Å². The highest BCUT2D eigenvalue weighted by atomic mass is 32.1. The van der Waals surface area contributed by atoms with Crippen LogP contribution < -0.4 is 11.1 Å². The Labute approximate surface area is 130 Å². The number of nitrogens with two attached hydrogens (primary N) is 1. The standard InChI is InChI=1S/C15H13N3OS2/c16-12-3-1-11(2-4-12)13-9-21-15(17-13)18-14(19)7-10-5-6-20-8-10/h1-6,8-9H,7,16H2,(H,17,18,19). The number of amides is 1. The summed E-state index contributed by atoms with van der Waals surface area (Å²) in [5, 5.41) is 9.30. The third-order valence-electron chi connectivity index (χ3n) is 2.90. The van der Waals surface area contributed by atoms with E-state index in [2.05, 4.69) is 10.3 Å². The van der Waals surface area contributed by atoms with Gasteiger partial charge in [0.15, 0.2) is 5.13 Å². The lowest BCUT2D eigenvalue weighted by molar-refractivity contribution is -0.115. The van der Waals surface area contributed by atoms with Crippen LogP contribution in [0.3, 0.4) is 0 Å². The van der Waals surface area contributed by atoms with Gasteiger partial charge in [-0.1, -0.05) is 12.1 Å². The van der Waals surface area contributed by atoms with Crippen molar-refractivity contribution in [3.05, 3.63) is 52.0 Å². The molecule has 0 fully saturated rings. The van der Waals surface area contributed by atoms with Gasteiger partial charge >= 0.3 is 0 Å². The fourth-order valence-electron chi connectivity index (χ4n) is 1.86.